The quantitative estimate of drug-likeness (QED) is 0.751. The number of anilines is 1. The maximum Gasteiger partial charge on any atom is 0.251 e. The Bertz CT molecular complexity index is 777. The van der Waals surface area contributed by atoms with Crippen molar-refractivity contribution in [1.29, 1.82) is 0 Å². The molecular formula is C19H24N2O4. The van der Waals surface area contributed by atoms with Gasteiger partial charge in [-0.1, -0.05) is 13.0 Å². The zero-order valence-corrected chi connectivity index (χ0v) is 15.0. The molecule has 0 aliphatic rings. The van der Waals surface area contributed by atoms with E-state index in [1.54, 1.807) is 58.0 Å². The summed E-state index contributed by atoms with van der Waals surface area (Å²) in [6.07, 6.45) is 0.364. The van der Waals surface area contributed by atoms with Crippen molar-refractivity contribution in [2.24, 2.45) is 0 Å². The number of benzene rings is 1. The number of rotatable bonds is 6. The molecule has 0 fully saturated rings. The summed E-state index contributed by atoms with van der Waals surface area (Å²) in [4.78, 5) is 23.8. The molecule has 1 aromatic carbocycles. The zero-order valence-electron chi connectivity index (χ0n) is 15.0. The topological polar surface area (TPSA) is 91.6 Å². The van der Waals surface area contributed by atoms with E-state index in [2.05, 4.69) is 10.6 Å². The van der Waals surface area contributed by atoms with Crippen LogP contribution in [0.4, 0.5) is 5.69 Å². The number of hydrogen-bond acceptors (Lipinski definition) is 4. The summed E-state index contributed by atoms with van der Waals surface area (Å²) in [6, 6.07) is 8.44. The van der Waals surface area contributed by atoms with Gasteiger partial charge in [0.1, 0.15) is 17.1 Å². The molecule has 0 spiro atoms. The summed E-state index contributed by atoms with van der Waals surface area (Å²) in [5, 5.41) is 16.1. The smallest absolute Gasteiger partial charge is 0.251 e. The molecule has 1 atom stereocenters. The van der Waals surface area contributed by atoms with E-state index in [9.17, 15) is 14.7 Å². The Labute approximate surface area is 147 Å². The fourth-order valence-electron chi connectivity index (χ4n) is 2.60. The number of amides is 2. The summed E-state index contributed by atoms with van der Waals surface area (Å²) in [6.45, 7) is 7.01. The van der Waals surface area contributed by atoms with Crippen LogP contribution in [0.25, 0.3) is 0 Å². The Morgan fingerprint density at radius 1 is 1.24 bits per heavy atom. The van der Waals surface area contributed by atoms with Crippen molar-refractivity contribution in [1.82, 2.24) is 5.32 Å². The predicted molar refractivity (Wildman–Crippen MR) is 95.4 cm³/mol. The Kier molecular flexibility index (Phi) is 5.64. The zero-order chi connectivity index (χ0) is 18.6. The fourth-order valence-corrected chi connectivity index (χ4v) is 2.60. The van der Waals surface area contributed by atoms with Crippen LogP contribution in [-0.2, 0) is 10.4 Å². The van der Waals surface area contributed by atoms with Crippen LogP contribution in [0.15, 0.2) is 34.7 Å². The van der Waals surface area contributed by atoms with Crippen molar-refractivity contribution in [2.75, 3.05) is 11.9 Å². The first kappa shape index (κ1) is 18.7. The molecule has 1 aromatic heterocycles. The van der Waals surface area contributed by atoms with E-state index in [1.807, 2.05) is 0 Å². The van der Waals surface area contributed by atoms with Gasteiger partial charge in [-0.2, -0.15) is 0 Å². The first-order valence-electron chi connectivity index (χ1n) is 8.21. The molecule has 0 aliphatic heterocycles. The van der Waals surface area contributed by atoms with Gasteiger partial charge in [0, 0.05) is 23.2 Å². The van der Waals surface area contributed by atoms with Crippen LogP contribution in [0.5, 0.6) is 0 Å². The van der Waals surface area contributed by atoms with Crippen molar-refractivity contribution in [3.8, 4) is 0 Å². The normalized spacial score (nSPS) is 13.2. The van der Waals surface area contributed by atoms with Crippen LogP contribution >= 0.6 is 0 Å². The second kappa shape index (κ2) is 7.53. The van der Waals surface area contributed by atoms with Gasteiger partial charge in [0.05, 0.1) is 6.54 Å². The van der Waals surface area contributed by atoms with Gasteiger partial charge in [-0.05, 0) is 45.0 Å². The van der Waals surface area contributed by atoms with Gasteiger partial charge in [-0.15, -0.1) is 0 Å². The lowest BCUT2D eigenvalue weighted by molar-refractivity contribution is -0.115. The highest BCUT2D eigenvalue weighted by atomic mass is 16.3. The highest BCUT2D eigenvalue weighted by Gasteiger charge is 2.28. The third kappa shape index (κ3) is 4.70. The Morgan fingerprint density at radius 2 is 1.96 bits per heavy atom. The summed E-state index contributed by atoms with van der Waals surface area (Å²) < 4.78 is 5.44. The number of hydrogen-bond donors (Lipinski definition) is 3. The summed E-state index contributed by atoms with van der Waals surface area (Å²) >= 11 is 0. The van der Waals surface area contributed by atoms with Crippen molar-refractivity contribution >= 4 is 17.5 Å². The predicted octanol–water partition coefficient (Wildman–Crippen LogP) is 2.88. The van der Waals surface area contributed by atoms with E-state index < -0.39 is 5.60 Å². The molecular weight excluding hydrogens is 320 g/mol. The average Bonchev–Trinajstić information content (AvgIpc) is 2.92. The largest absolute Gasteiger partial charge is 0.466 e. The minimum absolute atomic E-state index is 0.0389. The number of furan rings is 1. The Hall–Kier alpha value is -2.60. The third-order valence-electron chi connectivity index (χ3n) is 3.94. The molecule has 0 radical (unpaired) electrons. The SMILES string of the molecule is CCC(=O)Nc1cccc(C(=O)NC[C@@](C)(O)c2cc(C)oc2C)c1. The Balaban J connectivity index is 2.06. The van der Waals surface area contributed by atoms with Crippen molar-refractivity contribution in [2.45, 2.75) is 39.7 Å². The second-order valence-corrected chi connectivity index (χ2v) is 6.27. The standard InChI is InChI=1S/C19H24N2O4/c1-5-17(22)21-15-8-6-7-14(10-15)18(23)20-11-19(4,24)16-9-12(2)25-13(16)3/h6-10,24H,5,11H2,1-4H3,(H,20,23)(H,21,22)/t19-/m1/s1. The molecule has 3 N–H and O–H groups in total. The van der Waals surface area contributed by atoms with E-state index in [0.717, 1.165) is 0 Å². The monoisotopic (exact) mass is 344 g/mol. The minimum atomic E-state index is -1.24. The van der Waals surface area contributed by atoms with Gasteiger partial charge in [0.25, 0.3) is 5.91 Å². The van der Waals surface area contributed by atoms with Crippen LogP contribution in [-0.4, -0.2) is 23.5 Å². The molecule has 0 aliphatic carbocycles. The lowest BCUT2D eigenvalue weighted by atomic mass is 9.96. The molecule has 25 heavy (non-hydrogen) atoms. The van der Waals surface area contributed by atoms with Gasteiger partial charge < -0.3 is 20.2 Å². The van der Waals surface area contributed by atoms with Crippen LogP contribution in [0.2, 0.25) is 0 Å². The number of aliphatic hydroxyl groups is 1. The number of aryl methyl sites for hydroxylation is 2. The summed E-state index contributed by atoms with van der Waals surface area (Å²) in [7, 11) is 0. The van der Waals surface area contributed by atoms with Gasteiger partial charge in [-0.3, -0.25) is 9.59 Å². The molecule has 0 bridgehead atoms. The average molecular weight is 344 g/mol. The summed E-state index contributed by atoms with van der Waals surface area (Å²) in [5.41, 5.74) is 0.373. The molecule has 0 saturated heterocycles. The molecule has 134 valence electrons. The van der Waals surface area contributed by atoms with Crippen LogP contribution < -0.4 is 10.6 Å². The lowest BCUT2D eigenvalue weighted by Gasteiger charge is -2.23. The first-order valence-corrected chi connectivity index (χ1v) is 8.21. The molecule has 1 heterocycles. The van der Waals surface area contributed by atoms with Gasteiger partial charge in [-0.25, -0.2) is 0 Å². The maximum absolute atomic E-state index is 12.4. The van der Waals surface area contributed by atoms with E-state index in [4.69, 9.17) is 4.42 Å². The van der Waals surface area contributed by atoms with Crippen molar-refractivity contribution in [3.63, 3.8) is 0 Å². The van der Waals surface area contributed by atoms with E-state index in [1.165, 1.54) is 0 Å². The molecule has 6 heteroatoms. The summed E-state index contributed by atoms with van der Waals surface area (Å²) in [5.74, 6) is 0.886. The Morgan fingerprint density at radius 3 is 2.56 bits per heavy atom. The molecule has 2 aromatic rings. The van der Waals surface area contributed by atoms with Crippen LogP contribution in [0, 0.1) is 13.8 Å². The number of carbonyl (C=O) groups excluding carboxylic acids is 2. The van der Waals surface area contributed by atoms with Crippen LogP contribution in [0.3, 0.4) is 0 Å². The van der Waals surface area contributed by atoms with Gasteiger partial charge in [0.2, 0.25) is 5.91 Å². The van der Waals surface area contributed by atoms with E-state index in [0.29, 0.717) is 34.8 Å². The minimum Gasteiger partial charge on any atom is -0.466 e. The van der Waals surface area contributed by atoms with Crippen molar-refractivity contribution in [3.05, 3.63) is 53.0 Å². The van der Waals surface area contributed by atoms with E-state index >= 15 is 0 Å². The second-order valence-electron chi connectivity index (χ2n) is 6.27. The molecule has 2 rings (SSSR count). The van der Waals surface area contributed by atoms with Gasteiger partial charge in [0.15, 0.2) is 0 Å². The maximum atomic E-state index is 12.4. The molecule has 0 saturated carbocycles. The van der Waals surface area contributed by atoms with Crippen molar-refractivity contribution < 1.29 is 19.1 Å². The van der Waals surface area contributed by atoms with Crippen LogP contribution in [0.1, 0.15) is 47.7 Å². The van der Waals surface area contributed by atoms with Gasteiger partial charge >= 0.3 is 0 Å². The fraction of sp³-hybridized carbons (Fsp3) is 0.368. The first-order chi connectivity index (χ1) is 11.7. The highest BCUT2D eigenvalue weighted by Crippen LogP contribution is 2.26. The molecule has 6 nitrogen and oxygen atoms in total. The lowest BCUT2D eigenvalue weighted by Crippen LogP contribution is -2.38. The molecule has 2 amide bonds. The third-order valence-corrected chi connectivity index (χ3v) is 3.94. The van der Waals surface area contributed by atoms with E-state index in [-0.39, 0.29) is 18.4 Å². The number of carbonyl (C=O) groups is 2. The molecule has 0 unspecified atom stereocenters. The number of nitrogens with one attached hydrogen (secondary N) is 2. The highest BCUT2D eigenvalue weighted by molar-refractivity contribution is 5.97.